The summed E-state index contributed by atoms with van der Waals surface area (Å²) < 4.78 is 19.5. The molecule has 1 unspecified atom stereocenters. The highest BCUT2D eigenvalue weighted by Crippen LogP contribution is 2.44. The number of aliphatic hydroxyl groups is 1. The van der Waals surface area contributed by atoms with E-state index in [-0.39, 0.29) is 16.5 Å². The van der Waals surface area contributed by atoms with Crippen molar-refractivity contribution in [2.24, 2.45) is 0 Å². The van der Waals surface area contributed by atoms with Crippen LogP contribution in [0.4, 0.5) is 9.52 Å². The molecular formula is C27H18Cl2FN3O4S2. The predicted octanol–water partition coefficient (Wildman–Crippen LogP) is 6.91. The van der Waals surface area contributed by atoms with Gasteiger partial charge in [0.05, 0.1) is 18.7 Å². The van der Waals surface area contributed by atoms with Crippen molar-refractivity contribution in [3.8, 4) is 5.75 Å². The molecule has 1 amide bonds. The number of methoxy groups -OCH3 is 1. The summed E-state index contributed by atoms with van der Waals surface area (Å²) in [5.41, 5.74) is 1.43. The van der Waals surface area contributed by atoms with E-state index in [1.807, 2.05) is 6.07 Å². The van der Waals surface area contributed by atoms with Gasteiger partial charge in [-0.3, -0.25) is 14.5 Å². The Kier molecular flexibility index (Phi) is 7.90. The fraction of sp³-hybridized carbons (Fsp3) is 0.111. The van der Waals surface area contributed by atoms with Crippen molar-refractivity contribution in [3.05, 3.63) is 105 Å². The lowest BCUT2D eigenvalue weighted by Crippen LogP contribution is -2.29. The summed E-state index contributed by atoms with van der Waals surface area (Å²) in [4.78, 5) is 27.8. The highest BCUT2D eigenvalue weighted by Gasteiger charge is 2.48. The molecule has 3 aromatic carbocycles. The molecule has 1 N–H and O–H groups in total. The molecule has 4 aromatic rings. The fourth-order valence-electron chi connectivity index (χ4n) is 4.03. The predicted molar refractivity (Wildman–Crippen MR) is 150 cm³/mol. The third-order valence-electron chi connectivity index (χ3n) is 5.96. The van der Waals surface area contributed by atoms with Crippen LogP contribution in [0.2, 0.25) is 10.0 Å². The molecular weight excluding hydrogens is 584 g/mol. The molecule has 7 nitrogen and oxygen atoms in total. The summed E-state index contributed by atoms with van der Waals surface area (Å²) in [5.74, 6) is -1.60. The number of anilines is 1. The van der Waals surface area contributed by atoms with Gasteiger partial charge in [-0.1, -0.05) is 64.5 Å². The molecule has 1 aliphatic heterocycles. The number of aromatic nitrogens is 2. The van der Waals surface area contributed by atoms with E-state index in [0.717, 1.165) is 16.9 Å². The maximum atomic E-state index is 13.8. The first-order valence-corrected chi connectivity index (χ1v) is 13.9. The molecule has 1 fully saturated rings. The van der Waals surface area contributed by atoms with Crippen molar-refractivity contribution in [2.75, 3.05) is 12.0 Å². The molecule has 0 aliphatic carbocycles. The molecule has 39 heavy (non-hydrogen) atoms. The summed E-state index contributed by atoms with van der Waals surface area (Å²) in [5, 5.41) is 20.7. The second-order valence-corrected chi connectivity index (χ2v) is 11.3. The normalized spacial score (nSPS) is 16.6. The van der Waals surface area contributed by atoms with Crippen LogP contribution in [0.25, 0.3) is 5.76 Å². The van der Waals surface area contributed by atoms with E-state index < -0.39 is 23.5 Å². The second kappa shape index (κ2) is 11.4. The minimum atomic E-state index is -1.05. The Balaban J connectivity index is 1.52. The zero-order valence-corrected chi connectivity index (χ0v) is 23.2. The zero-order chi connectivity index (χ0) is 27.7. The average molecular weight is 602 g/mol. The Labute approximate surface area is 240 Å². The number of nitrogens with zero attached hydrogens (tertiary/aromatic N) is 3. The molecule has 2 heterocycles. The van der Waals surface area contributed by atoms with Gasteiger partial charge in [-0.15, -0.1) is 10.2 Å². The molecule has 0 saturated carbocycles. The first-order valence-electron chi connectivity index (χ1n) is 11.4. The van der Waals surface area contributed by atoms with E-state index in [9.17, 15) is 19.1 Å². The van der Waals surface area contributed by atoms with Gasteiger partial charge in [0.2, 0.25) is 5.13 Å². The van der Waals surface area contributed by atoms with Gasteiger partial charge in [-0.25, -0.2) is 4.39 Å². The number of hydrogen-bond donors (Lipinski definition) is 1. The van der Waals surface area contributed by atoms with E-state index >= 15 is 0 Å². The number of thioether (sulfide) groups is 1. The number of ether oxygens (including phenoxy) is 1. The van der Waals surface area contributed by atoms with Gasteiger partial charge in [-0.05, 0) is 59.7 Å². The molecule has 12 heteroatoms. The maximum absolute atomic E-state index is 13.8. The quantitative estimate of drug-likeness (QED) is 0.0808. The van der Waals surface area contributed by atoms with Crippen LogP contribution < -0.4 is 9.64 Å². The van der Waals surface area contributed by atoms with Crippen LogP contribution in [-0.4, -0.2) is 34.1 Å². The lowest BCUT2D eigenvalue weighted by atomic mass is 9.95. The zero-order valence-electron chi connectivity index (χ0n) is 20.1. The fourth-order valence-corrected chi connectivity index (χ4v) is 6.46. The summed E-state index contributed by atoms with van der Waals surface area (Å²) in [7, 11) is 1.51. The molecule has 0 bridgehead atoms. The lowest BCUT2D eigenvalue weighted by Gasteiger charge is -2.22. The number of benzene rings is 3. The summed E-state index contributed by atoms with van der Waals surface area (Å²) in [6.45, 7) is 0. The summed E-state index contributed by atoms with van der Waals surface area (Å²) in [6, 6.07) is 15.9. The van der Waals surface area contributed by atoms with Gasteiger partial charge in [0.25, 0.3) is 5.78 Å². The van der Waals surface area contributed by atoms with Crippen LogP contribution in [0.3, 0.4) is 0 Å². The highest BCUT2D eigenvalue weighted by molar-refractivity contribution is 8.00. The highest BCUT2D eigenvalue weighted by atomic mass is 35.5. The van der Waals surface area contributed by atoms with Gasteiger partial charge in [-0.2, -0.15) is 0 Å². The number of amides is 1. The molecule has 198 valence electrons. The summed E-state index contributed by atoms with van der Waals surface area (Å²) in [6.07, 6.45) is 0. The molecule has 5 rings (SSSR count). The number of ketones is 1. The van der Waals surface area contributed by atoms with Crippen LogP contribution in [0, 0.1) is 5.82 Å². The van der Waals surface area contributed by atoms with Crippen LogP contribution in [0.15, 0.2) is 76.6 Å². The van der Waals surface area contributed by atoms with E-state index in [1.54, 1.807) is 36.4 Å². The number of rotatable bonds is 7. The Morgan fingerprint density at radius 1 is 1.08 bits per heavy atom. The first-order chi connectivity index (χ1) is 18.8. The van der Waals surface area contributed by atoms with Crippen molar-refractivity contribution >= 4 is 68.9 Å². The van der Waals surface area contributed by atoms with Crippen LogP contribution in [-0.2, 0) is 15.3 Å². The minimum absolute atomic E-state index is 0.144. The molecule has 1 atom stereocenters. The van der Waals surface area contributed by atoms with Crippen molar-refractivity contribution < 1.29 is 23.8 Å². The number of carbonyl (C=O) groups excluding carboxylic acids is 2. The topological polar surface area (TPSA) is 92.6 Å². The first kappa shape index (κ1) is 27.1. The Hall–Kier alpha value is -3.44. The van der Waals surface area contributed by atoms with Crippen molar-refractivity contribution in [3.63, 3.8) is 0 Å². The van der Waals surface area contributed by atoms with E-state index in [0.29, 0.717) is 37.0 Å². The third kappa shape index (κ3) is 5.51. The van der Waals surface area contributed by atoms with Crippen LogP contribution in [0.1, 0.15) is 22.7 Å². The van der Waals surface area contributed by atoms with Crippen molar-refractivity contribution in [2.45, 2.75) is 16.1 Å². The molecule has 1 saturated heterocycles. The van der Waals surface area contributed by atoms with Gasteiger partial charge < -0.3 is 9.84 Å². The van der Waals surface area contributed by atoms with E-state index in [1.165, 1.54) is 48.0 Å². The van der Waals surface area contributed by atoms with Gasteiger partial charge >= 0.3 is 5.91 Å². The summed E-state index contributed by atoms with van der Waals surface area (Å²) >= 11 is 14.7. The SMILES string of the molecule is COc1ccc(/C(O)=C2/C(=O)C(=O)N(c3nnc(SCc4ccc(Cl)cc4Cl)s3)C2c2ccc(F)cc2)cc1. The minimum Gasteiger partial charge on any atom is -0.507 e. The van der Waals surface area contributed by atoms with E-state index in [4.69, 9.17) is 27.9 Å². The smallest absolute Gasteiger partial charge is 0.301 e. The number of hydrogen-bond acceptors (Lipinski definition) is 8. The largest absolute Gasteiger partial charge is 0.507 e. The third-order valence-corrected chi connectivity index (χ3v) is 8.65. The van der Waals surface area contributed by atoms with Gasteiger partial charge in [0.15, 0.2) is 4.34 Å². The monoisotopic (exact) mass is 601 g/mol. The van der Waals surface area contributed by atoms with Crippen LogP contribution >= 0.6 is 46.3 Å². The Morgan fingerprint density at radius 2 is 1.79 bits per heavy atom. The van der Waals surface area contributed by atoms with Gasteiger partial charge in [0, 0.05) is 21.4 Å². The lowest BCUT2D eigenvalue weighted by molar-refractivity contribution is -0.132. The molecule has 1 aromatic heterocycles. The van der Waals surface area contributed by atoms with E-state index in [2.05, 4.69) is 10.2 Å². The number of carbonyl (C=O) groups is 2. The molecule has 0 radical (unpaired) electrons. The molecule has 0 spiro atoms. The van der Waals surface area contributed by atoms with Gasteiger partial charge in [0.1, 0.15) is 17.3 Å². The number of aliphatic hydroxyl groups excluding tert-OH is 1. The maximum Gasteiger partial charge on any atom is 0.301 e. The Morgan fingerprint density at radius 3 is 2.46 bits per heavy atom. The number of Topliss-reactive ketones (excluding diaryl/α,β-unsaturated/α-hetero) is 1. The average Bonchev–Trinajstić information content (AvgIpc) is 3.50. The standard InChI is InChI=1S/C27H18Cl2FN3O4S2/c1-37-19-10-5-15(6-11-19)23(34)21-22(14-3-8-18(30)9-4-14)33(25(36)24(21)35)26-31-32-27(39-26)38-13-16-2-7-17(28)12-20(16)29/h2-12,22,34H,13H2,1H3/b23-21-. The molecule has 1 aliphatic rings. The Bertz CT molecular complexity index is 1590. The van der Waals surface area contributed by atoms with Crippen molar-refractivity contribution in [1.82, 2.24) is 10.2 Å². The van der Waals surface area contributed by atoms with Crippen LogP contribution in [0.5, 0.6) is 5.75 Å². The number of halogens is 3. The second-order valence-electron chi connectivity index (χ2n) is 8.32. The van der Waals surface area contributed by atoms with Crippen molar-refractivity contribution in [1.29, 1.82) is 0 Å².